The lowest BCUT2D eigenvalue weighted by Gasteiger charge is -2.05. The van der Waals surface area contributed by atoms with Crippen molar-refractivity contribution in [3.05, 3.63) is 68.7 Å². The Hall–Kier alpha value is -2.31. The van der Waals surface area contributed by atoms with Crippen molar-refractivity contribution in [3.8, 4) is 0 Å². The number of hydrogen-bond acceptors (Lipinski definition) is 1. The van der Waals surface area contributed by atoms with Gasteiger partial charge in [-0.2, -0.15) is 0 Å². The van der Waals surface area contributed by atoms with Gasteiger partial charge in [-0.15, -0.1) is 0 Å². The van der Waals surface area contributed by atoms with E-state index in [0.29, 0.717) is 33.7 Å². The Morgan fingerprint density at radius 2 is 2.04 bits per heavy atom. The number of benzene rings is 2. The van der Waals surface area contributed by atoms with Gasteiger partial charge >= 0.3 is 0 Å². The van der Waals surface area contributed by atoms with Crippen molar-refractivity contribution in [3.63, 3.8) is 0 Å². The van der Waals surface area contributed by atoms with Gasteiger partial charge in [0.15, 0.2) is 0 Å². The minimum Gasteiger partial charge on any atom is -0.356 e. The summed E-state index contributed by atoms with van der Waals surface area (Å²) in [5.41, 5.74) is 3.73. The van der Waals surface area contributed by atoms with Crippen LogP contribution in [-0.4, -0.2) is 22.4 Å². The lowest BCUT2D eigenvalue weighted by molar-refractivity contribution is 0.0950. The van der Waals surface area contributed by atoms with Gasteiger partial charge in [-0.3, -0.25) is 4.79 Å². The molecule has 2 aromatic carbocycles. The van der Waals surface area contributed by atoms with Crippen LogP contribution in [0.3, 0.4) is 0 Å². The van der Waals surface area contributed by atoms with Crippen molar-refractivity contribution < 1.29 is 9.18 Å². The fourth-order valence-corrected chi connectivity index (χ4v) is 3.96. The van der Waals surface area contributed by atoms with E-state index in [4.69, 9.17) is 11.6 Å². The summed E-state index contributed by atoms with van der Waals surface area (Å²) in [5.74, 6) is -0.485. The first-order valence-corrected chi connectivity index (χ1v) is 9.62. The average Bonchev–Trinajstić information content (AvgIpc) is 3.16. The zero-order valence-corrected chi connectivity index (χ0v) is 16.8. The number of H-pyrrole nitrogens is 2. The molecule has 0 spiro atoms. The molecule has 7 heteroatoms. The highest BCUT2D eigenvalue weighted by Gasteiger charge is 2.14. The van der Waals surface area contributed by atoms with Crippen LogP contribution in [-0.2, 0) is 6.42 Å². The summed E-state index contributed by atoms with van der Waals surface area (Å²) < 4.78 is 14.8. The van der Waals surface area contributed by atoms with E-state index in [1.54, 1.807) is 12.1 Å². The maximum atomic E-state index is 14.1. The summed E-state index contributed by atoms with van der Waals surface area (Å²) in [5, 5.41) is 5.25. The molecular weight excluding hydrogens is 433 g/mol. The highest BCUT2D eigenvalue weighted by Crippen LogP contribution is 2.28. The number of nitrogens with one attached hydrogen (secondary N) is 3. The first kappa shape index (κ1) is 18.1. The van der Waals surface area contributed by atoms with Crippen LogP contribution in [0.1, 0.15) is 21.7 Å². The molecule has 0 aliphatic heterocycles. The molecule has 0 saturated carbocycles. The van der Waals surface area contributed by atoms with Crippen LogP contribution in [0.4, 0.5) is 4.39 Å². The predicted octanol–water partition coefficient (Wildman–Crippen LogP) is 5.49. The molecule has 4 aromatic rings. The van der Waals surface area contributed by atoms with Crippen LogP contribution < -0.4 is 5.32 Å². The van der Waals surface area contributed by atoms with Crippen LogP contribution in [0.5, 0.6) is 0 Å². The third-order valence-corrected chi connectivity index (χ3v) is 5.33. The SMILES string of the molecule is Cc1[nH]c2c(F)cc(Br)cc2c1CCNC(=O)c1cc2cc(Cl)ccc2[nH]1. The van der Waals surface area contributed by atoms with E-state index in [-0.39, 0.29) is 11.7 Å². The van der Waals surface area contributed by atoms with Gasteiger partial charge in [0.25, 0.3) is 5.91 Å². The van der Waals surface area contributed by atoms with Crippen molar-refractivity contribution in [2.75, 3.05) is 6.54 Å². The second-order valence-corrected chi connectivity index (χ2v) is 7.81. The molecule has 0 aliphatic carbocycles. The fraction of sp³-hybridized carbons (Fsp3) is 0.150. The van der Waals surface area contributed by atoms with Gasteiger partial charge in [0.05, 0.1) is 5.52 Å². The number of hydrogen-bond donors (Lipinski definition) is 3. The lowest BCUT2D eigenvalue weighted by atomic mass is 10.1. The van der Waals surface area contributed by atoms with Crippen LogP contribution >= 0.6 is 27.5 Å². The van der Waals surface area contributed by atoms with E-state index in [1.165, 1.54) is 6.07 Å². The number of aromatic nitrogens is 2. The van der Waals surface area contributed by atoms with Crippen molar-refractivity contribution in [2.24, 2.45) is 0 Å². The summed E-state index contributed by atoms with van der Waals surface area (Å²) in [6.45, 7) is 2.35. The van der Waals surface area contributed by atoms with Gasteiger partial charge in [0, 0.05) is 38.0 Å². The van der Waals surface area contributed by atoms with Gasteiger partial charge in [0.2, 0.25) is 0 Å². The zero-order chi connectivity index (χ0) is 19.1. The molecule has 0 saturated heterocycles. The first-order chi connectivity index (χ1) is 12.9. The molecule has 27 heavy (non-hydrogen) atoms. The topological polar surface area (TPSA) is 60.7 Å². The summed E-state index contributed by atoms with van der Waals surface area (Å²) >= 11 is 9.32. The van der Waals surface area contributed by atoms with E-state index in [9.17, 15) is 9.18 Å². The Kier molecular flexibility index (Phi) is 4.70. The van der Waals surface area contributed by atoms with E-state index in [1.807, 2.05) is 25.1 Å². The summed E-state index contributed by atoms with van der Waals surface area (Å²) in [7, 11) is 0. The maximum absolute atomic E-state index is 14.1. The van der Waals surface area contributed by atoms with Crippen LogP contribution in [0.15, 0.2) is 40.9 Å². The maximum Gasteiger partial charge on any atom is 0.267 e. The third-order valence-electron chi connectivity index (χ3n) is 4.63. The fourth-order valence-electron chi connectivity index (χ4n) is 3.35. The smallest absolute Gasteiger partial charge is 0.267 e. The zero-order valence-electron chi connectivity index (χ0n) is 14.4. The third kappa shape index (κ3) is 3.47. The molecule has 138 valence electrons. The Morgan fingerprint density at radius 1 is 1.22 bits per heavy atom. The van der Waals surface area contributed by atoms with Gasteiger partial charge < -0.3 is 15.3 Å². The molecule has 3 N–H and O–H groups in total. The lowest BCUT2D eigenvalue weighted by Crippen LogP contribution is -2.26. The monoisotopic (exact) mass is 447 g/mol. The predicted molar refractivity (Wildman–Crippen MR) is 110 cm³/mol. The number of aryl methyl sites for hydroxylation is 1. The van der Waals surface area contributed by atoms with E-state index in [2.05, 4.69) is 31.2 Å². The molecule has 2 heterocycles. The Labute approximate surface area is 168 Å². The molecule has 4 rings (SSSR count). The van der Waals surface area contributed by atoms with Crippen LogP contribution in [0.2, 0.25) is 5.02 Å². The van der Waals surface area contributed by atoms with E-state index < -0.39 is 0 Å². The number of amides is 1. The molecule has 0 atom stereocenters. The Balaban J connectivity index is 1.50. The van der Waals surface area contributed by atoms with Gasteiger partial charge in [-0.25, -0.2) is 4.39 Å². The highest BCUT2D eigenvalue weighted by molar-refractivity contribution is 9.10. The van der Waals surface area contributed by atoms with Gasteiger partial charge in [0.1, 0.15) is 11.5 Å². The Morgan fingerprint density at radius 3 is 2.85 bits per heavy atom. The van der Waals surface area contributed by atoms with Gasteiger partial charge in [-0.05, 0) is 55.3 Å². The number of halogens is 3. The van der Waals surface area contributed by atoms with Gasteiger partial charge in [-0.1, -0.05) is 27.5 Å². The average molecular weight is 449 g/mol. The number of aromatic amines is 2. The highest BCUT2D eigenvalue weighted by atomic mass is 79.9. The first-order valence-electron chi connectivity index (χ1n) is 8.45. The standard InChI is InChI=1S/C20H16BrClFN3O/c1-10-14(15-8-12(21)9-16(23)19(15)25-10)4-5-24-20(27)18-7-11-6-13(22)2-3-17(11)26-18/h2-3,6-9,25-26H,4-5H2,1H3,(H,24,27). The summed E-state index contributed by atoms with van der Waals surface area (Å²) in [6, 6.07) is 10.5. The second-order valence-electron chi connectivity index (χ2n) is 6.46. The van der Waals surface area contributed by atoms with E-state index >= 15 is 0 Å². The van der Waals surface area contributed by atoms with Crippen LogP contribution in [0, 0.1) is 12.7 Å². The molecule has 0 bridgehead atoms. The van der Waals surface area contributed by atoms with Crippen molar-refractivity contribution in [1.29, 1.82) is 0 Å². The minimum atomic E-state index is -0.297. The minimum absolute atomic E-state index is 0.188. The summed E-state index contributed by atoms with van der Waals surface area (Å²) in [6.07, 6.45) is 0.597. The molecule has 0 unspecified atom stereocenters. The second kappa shape index (κ2) is 7.02. The molecule has 0 radical (unpaired) electrons. The van der Waals surface area contributed by atoms with Crippen molar-refractivity contribution >= 4 is 55.2 Å². The molecule has 0 aliphatic rings. The van der Waals surface area contributed by atoms with Crippen molar-refractivity contribution in [1.82, 2.24) is 15.3 Å². The Bertz CT molecular complexity index is 1180. The number of carbonyl (C=O) groups is 1. The molecule has 0 fully saturated rings. The molecule has 1 amide bonds. The quantitative estimate of drug-likeness (QED) is 0.380. The van der Waals surface area contributed by atoms with Crippen LogP contribution in [0.25, 0.3) is 21.8 Å². The van der Waals surface area contributed by atoms with E-state index in [0.717, 1.165) is 27.5 Å². The molecular formula is C20H16BrClFN3O. The molecule has 2 aromatic heterocycles. The molecule has 4 nitrogen and oxygen atoms in total. The normalized spacial score (nSPS) is 11.4. The number of rotatable bonds is 4. The largest absolute Gasteiger partial charge is 0.356 e. The number of carbonyl (C=O) groups excluding carboxylic acids is 1. The number of fused-ring (bicyclic) bond motifs is 2. The summed E-state index contributed by atoms with van der Waals surface area (Å²) in [4.78, 5) is 18.6. The van der Waals surface area contributed by atoms with Crippen molar-refractivity contribution in [2.45, 2.75) is 13.3 Å².